The van der Waals surface area contributed by atoms with Gasteiger partial charge in [0.1, 0.15) is 0 Å². The van der Waals surface area contributed by atoms with Crippen molar-refractivity contribution in [2.24, 2.45) is 0 Å². The molecule has 0 unspecified atom stereocenters. The fraction of sp³-hybridized carbons (Fsp3) is 0.400. The fourth-order valence-electron chi connectivity index (χ4n) is 4.94. The molecular formula is C30H36N4O4. The van der Waals surface area contributed by atoms with Crippen LogP contribution < -0.4 is 16.2 Å². The van der Waals surface area contributed by atoms with E-state index in [1.165, 1.54) is 13.5 Å². The Kier molecular flexibility index (Phi) is 9.30. The number of aromatic nitrogens is 2. The lowest BCUT2D eigenvalue weighted by atomic mass is 9.96. The molecule has 3 aromatic rings. The molecule has 0 aliphatic heterocycles. The van der Waals surface area contributed by atoms with E-state index in [4.69, 9.17) is 4.74 Å². The summed E-state index contributed by atoms with van der Waals surface area (Å²) in [4.78, 5) is 45.2. The van der Waals surface area contributed by atoms with E-state index in [0.29, 0.717) is 29.7 Å². The molecule has 2 amide bonds. The molecule has 4 rings (SSSR count). The number of carbonyl (C=O) groups is 2. The highest BCUT2D eigenvalue weighted by Crippen LogP contribution is 2.25. The third-order valence-corrected chi connectivity index (χ3v) is 7.02. The van der Waals surface area contributed by atoms with E-state index in [2.05, 4.69) is 27.5 Å². The number of aryl methyl sites for hydroxylation is 1. The number of aromatic amines is 1. The Balaban J connectivity index is 1.52. The van der Waals surface area contributed by atoms with Crippen LogP contribution in [0.15, 0.2) is 53.3 Å². The van der Waals surface area contributed by atoms with Crippen LogP contribution in [0.5, 0.6) is 0 Å². The Bertz CT molecular complexity index is 1310. The Labute approximate surface area is 223 Å². The zero-order valence-electron chi connectivity index (χ0n) is 22.1. The molecule has 3 N–H and O–H groups in total. The SMILES string of the molecule is CCCCc1nc(NC(=O)NC2CCCCC2)[nH]c(=O)c1Cc1ccc(-c2ccccc2C(=O)OC)cc1. The Morgan fingerprint density at radius 3 is 2.50 bits per heavy atom. The van der Waals surface area contributed by atoms with Crippen LogP contribution in [0.1, 0.15) is 79.0 Å². The predicted molar refractivity (Wildman–Crippen MR) is 149 cm³/mol. The lowest BCUT2D eigenvalue weighted by Gasteiger charge is -2.22. The molecule has 0 saturated heterocycles. The number of hydrogen-bond donors (Lipinski definition) is 3. The van der Waals surface area contributed by atoms with Gasteiger partial charge in [-0.05, 0) is 48.4 Å². The van der Waals surface area contributed by atoms with E-state index in [9.17, 15) is 14.4 Å². The number of nitrogens with one attached hydrogen (secondary N) is 3. The molecule has 2 aromatic carbocycles. The van der Waals surface area contributed by atoms with E-state index in [1.54, 1.807) is 12.1 Å². The van der Waals surface area contributed by atoms with Gasteiger partial charge in [-0.15, -0.1) is 0 Å². The molecule has 38 heavy (non-hydrogen) atoms. The maximum atomic E-state index is 13.1. The van der Waals surface area contributed by atoms with Crippen LogP contribution in [0.4, 0.5) is 10.7 Å². The van der Waals surface area contributed by atoms with Crippen LogP contribution in [0.3, 0.4) is 0 Å². The van der Waals surface area contributed by atoms with Gasteiger partial charge >= 0.3 is 12.0 Å². The van der Waals surface area contributed by atoms with E-state index in [-0.39, 0.29) is 29.5 Å². The van der Waals surface area contributed by atoms with Gasteiger partial charge in [-0.1, -0.05) is 75.1 Å². The fourth-order valence-corrected chi connectivity index (χ4v) is 4.94. The number of carbonyl (C=O) groups excluding carboxylic acids is 2. The van der Waals surface area contributed by atoms with Crippen molar-refractivity contribution in [1.82, 2.24) is 15.3 Å². The van der Waals surface area contributed by atoms with Gasteiger partial charge in [0.05, 0.1) is 18.4 Å². The highest BCUT2D eigenvalue weighted by atomic mass is 16.5. The smallest absolute Gasteiger partial charge is 0.338 e. The molecular weight excluding hydrogens is 480 g/mol. The summed E-state index contributed by atoms with van der Waals surface area (Å²) in [5.74, 6) is -0.211. The van der Waals surface area contributed by atoms with Gasteiger partial charge in [-0.3, -0.25) is 15.1 Å². The number of methoxy groups -OCH3 is 1. The third kappa shape index (κ3) is 6.88. The summed E-state index contributed by atoms with van der Waals surface area (Å²) in [6.45, 7) is 2.09. The number of rotatable bonds is 9. The van der Waals surface area contributed by atoms with Crippen molar-refractivity contribution in [2.45, 2.75) is 70.8 Å². The quantitative estimate of drug-likeness (QED) is 0.320. The second kappa shape index (κ2) is 13.0. The van der Waals surface area contributed by atoms with Gasteiger partial charge in [-0.25, -0.2) is 14.6 Å². The number of amides is 2. The van der Waals surface area contributed by atoms with Crippen LogP contribution in [0.25, 0.3) is 11.1 Å². The number of H-pyrrole nitrogens is 1. The maximum absolute atomic E-state index is 13.1. The van der Waals surface area contributed by atoms with Crippen molar-refractivity contribution in [3.63, 3.8) is 0 Å². The van der Waals surface area contributed by atoms with Gasteiger partial charge in [-0.2, -0.15) is 0 Å². The molecule has 1 aromatic heterocycles. The topological polar surface area (TPSA) is 113 Å². The first-order valence-corrected chi connectivity index (χ1v) is 13.4. The van der Waals surface area contributed by atoms with Crippen molar-refractivity contribution in [2.75, 3.05) is 12.4 Å². The van der Waals surface area contributed by atoms with Crippen LogP contribution in [-0.2, 0) is 17.6 Å². The maximum Gasteiger partial charge on any atom is 0.338 e. The number of benzene rings is 2. The van der Waals surface area contributed by atoms with E-state index in [1.807, 2.05) is 36.4 Å². The van der Waals surface area contributed by atoms with Crippen LogP contribution in [0, 0.1) is 0 Å². The van der Waals surface area contributed by atoms with Crippen LogP contribution in [-0.4, -0.2) is 35.1 Å². The van der Waals surface area contributed by atoms with Crippen LogP contribution in [0.2, 0.25) is 0 Å². The van der Waals surface area contributed by atoms with Gasteiger partial charge in [0.2, 0.25) is 5.95 Å². The minimum absolute atomic E-state index is 0.164. The lowest BCUT2D eigenvalue weighted by Crippen LogP contribution is -2.39. The zero-order valence-corrected chi connectivity index (χ0v) is 22.1. The van der Waals surface area contributed by atoms with Crippen LogP contribution >= 0.6 is 0 Å². The first-order valence-electron chi connectivity index (χ1n) is 13.4. The first-order chi connectivity index (χ1) is 18.5. The third-order valence-electron chi connectivity index (χ3n) is 7.02. The Hall–Kier alpha value is -3.94. The average Bonchev–Trinajstić information content (AvgIpc) is 2.94. The largest absolute Gasteiger partial charge is 0.465 e. The Morgan fingerprint density at radius 1 is 1.05 bits per heavy atom. The molecule has 1 saturated carbocycles. The number of hydrogen-bond acceptors (Lipinski definition) is 5. The molecule has 8 heteroatoms. The molecule has 0 spiro atoms. The number of ether oxygens (including phenoxy) is 1. The highest BCUT2D eigenvalue weighted by Gasteiger charge is 2.18. The molecule has 0 bridgehead atoms. The molecule has 1 fully saturated rings. The number of nitrogens with zero attached hydrogens (tertiary/aromatic N) is 1. The van der Waals surface area contributed by atoms with E-state index in [0.717, 1.165) is 55.2 Å². The minimum atomic E-state index is -0.385. The van der Waals surface area contributed by atoms with E-state index >= 15 is 0 Å². The number of urea groups is 1. The van der Waals surface area contributed by atoms with Crippen molar-refractivity contribution in [3.8, 4) is 11.1 Å². The normalized spacial score (nSPS) is 13.6. The molecule has 0 radical (unpaired) electrons. The molecule has 200 valence electrons. The molecule has 0 atom stereocenters. The monoisotopic (exact) mass is 516 g/mol. The first kappa shape index (κ1) is 27.1. The zero-order chi connectivity index (χ0) is 26.9. The number of esters is 1. The van der Waals surface area contributed by atoms with Crippen molar-refractivity contribution < 1.29 is 14.3 Å². The van der Waals surface area contributed by atoms with Crippen molar-refractivity contribution in [3.05, 3.63) is 81.3 Å². The summed E-state index contributed by atoms with van der Waals surface area (Å²) in [7, 11) is 1.37. The standard InChI is InChI=1S/C30H36N4O4/c1-3-4-14-26-25(27(35)33-29(32-26)34-30(37)31-22-10-6-5-7-11-22)19-20-15-17-21(18-16-20)23-12-8-9-13-24(23)28(36)38-2/h8-9,12-13,15-18,22H,3-7,10-11,14,19H2,1-2H3,(H3,31,32,33,34,35,37). The second-order valence-electron chi connectivity index (χ2n) is 9.79. The summed E-state index contributed by atoms with van der Waals surface area (Å²) < 4.78 is 4.92. The highest BCUT2D eigenvalue weighted by molar-refractivity contribution is 5.97. The number of anilines is 1. The molecule has 1 aliphatic rings. The summed E-state index contributed by atoms with van der Waals surface area (Å²) in [6, 6.07) is 14.9. The van der Waals surface area contributed by atoms with Gasteiger partial charge in [0.15, 0.2) is 0 Å². The summed E-state index contributed by atoms with van der Waals surface area (Å²) in [6.07, 6.45) is 8.32. The Morgan fingerprint density at radius 2 is 1.79 bits per heavy atom. The predicted octanol–water partition coefficient (Wildman–Crippen LogP) is 5.61. The summed E-state index contributed by atoms with van der Waals surface area (Å²) in [5, 5.41) is 5.72. The van der Waals surface area contributed by atoms with Gasteiger partial charge in [0.25, 0.3) is 5.56 Å². The second-order valence-corrected chi connectivity index (χ2v) is 9.79. The summed E-state index contributed by atoms with van der Waals surface area (Å²) in [5.41, 5.74) is 4.17. The average molecular weight is 517 g/mol. The summed E-state index contributed by atoms with van der Waals surface area (Å²) >= 11 is 0. The van der Waals surface area contributed by atoms with Gasteiger partial charge in [0, 0.05) is 18.0 Å². The minimum Gasteiger partial charge on any atom is -0.465 e. The van der Waals surface area contributed by atoms with Crippen molar-refractivity contribution in [1.29, 1.82) is 0 Å². The van der Waals surface area contributed by atoms with Crippen molar-refractivity contribution >= 4 is 17.9 Å². The molecule has 8 nitrogen and oxygen atoms in total. The van der Waals surface area contributed by atoms with E-state index < -0.39 is 0 Å². The number of unbranched alkanes of at least 4 members (excludes halogenated alkanes) is 1. The molecule has 1 aliphatic carbocycles. The van der Waals surface area contributed by atoms with Gasteiger partial charge < -0.3 is 10.1 Å². The molecule has 1 heterocycles. The lowest BCUT2D eigenvalue weighted by molar-refractivity contribution is 0.0601.